The lowest BCUT2D eigenvalue weighted by atomic mass is 10.1. The Bertz CT molecular complexity index is 755. The highest BCUT2D eigenvalue weighted by Gasteiger charge is 2.19. The lowest BCUT2D eigenvalue weighted by Gasteiger charge is -2.19. The fourth-order valence-corrected chi connectivity index (χ4v) is 2.76. The zero-order chi connectivity index (χ0) is 19.1. The van der Waals surface area contributed by atoms with E-state index < -0.39 is 6.04 Å². The first-order valence-corrected chi connectivity index (χ1v) is 8.66. The minimum Gasteiger partial charge on any atom is -0.508 e. The van der Waals surface area contributed by atoms with Gasteiger partial charge in [-0.1, -0.05) is 12.1 Å². The maximum absolute atomic E-state index is 12.5. The fraction of sp³-hybridized carbons (Fsp3) is 0.300. The van der Waals surface area contributed by atoms with Gasteiger partial charge in [-0.15, -0.1) is 0 Å². The number of aromatic hydroxyl groups is 1. The van der Waals surface area contributed by atoms with Gasteiger partial charge < -0.3 is 20.6 Å². The summed E-state index contributed by atoms with van der Waals surface area (Å²) >= 11 is 0. The molecule has 1 atom stereocenters. The molecular weight excluding hydrogens is 330 g/mol. The van der Waals surface area contributed by atoms with Crippen LogP contribution in [0, 0.1) is 0 Å². The van der Waals surface area contributed by atoms with Crippen LogP contribution in [0.4, 0.5) is 5.69 Å². The number of amides is 2. The molecule has 2 amide bonds. The van der Waals surface area contributed by atoms with Crippen molar-refractivity contribution in [3.63, 3.8) is 0 Å². The summed E-state index contributed by atoms with van der Waals surface area (Å²) in [5, 5.41) is 15.4. The van der Waals surface area contributed by atoms with Gasteiger partial charge in [0.1, 0.15) is 11.8 Å². The number of benzene rings is 2. The number of phenolic OH excluding ortho intramolecular Hbond substituents is 1. The Hall–Kier alpha value is -2.86. The fourth-order valence-electron chi connectivity index (χ4n) is 2.76. The van der Waals surface area contributed by atoms with Gasteiger partial charge in [-0.25, -0.2) is 0 Å². The van der Waals surface area contributed by atoms with Gasteiger partial charge in [0.15, 0.2) is 0 Å². The van der Waals surface area contributed by atoms with Gasteiger partial charge in [-0.3, -0.25) is 9.59 Å². The Labute approximate surface area is 153 Å². The molecule has 0 saturated heterocycles. The summed E-state index contributed by atoms with van der Waals surface area (Å²) in [5.74, 6) is -0.170. The highest BCUT2D eigenvalue weighted by atomic mass is 16.3. The third kappa shape index (κ3) is 4.61. The third-order valence-electron chi connectivity index (χ3n) is 4.20. The van der Waals surface area contributed by atoms with Crippen molar-refractivity contribution < 1.29 is 14.7 Å². The molecule has 6 heteroatoms. The molecule has 2 aromatic carbocycles. The molecule has 0 aliphatic heterocycles. The molecule has 26 heavy (non-hydrogen) atoms. The molecule has 2 aromatic rings. The lowest BCUT2D eigenvalue weighted by molar-refractivity contribution is -0.118. The minimum atomic E-state index is -0.598. The Balaban J connectivity index is 2.10. The number of rotatable bonds is 7. The second-order valence-electron chi connectivity index (χ2n) is 5.86. The number of likely N-dealkylation sites (N-methyl/N-ethyl adjacent to an activating group) is 1. The zero-order valence-corrected chi connectivity index (χ0v) is 15.3. The van der Waals surface area contributed by atoms with Crippen molar-refractivity contribution in [1.82, 2.24) is 10.2 Å². The van der Waals surface area contributed by atoms with Crippen LogP contribution in [0.2, 0.25) is 0 Å². The van der Waals surface area contributed by atoms with E-state index in [4.69, 9.17) is 0 Å². The predicted octanol–water partition coefficient (Wildman–Crippen LogP) is 2.77. The van der Waals surface area contributed by atoms with Crippen molar-refractivity contribution in [2.45, 2.75) is 19.9 Å². The maximum atomic E-state index is 12.5. The quantitative estimate of drug-likeness (QED) is 0.713. The van der Waals surface area contributed by atoms with Crippen molar-refractivity contribution in [1.29, 1.82) is 0 Å². The van der Waals surface area contributed by atoms with Crippen LogP contribution >= 0.6 is 0 Å². The summed E-state index contributed by atoms with van der Waals surface area (Å²) in [7, 11) is 1.68. The van der Waals surface area contributed by atoms with E-state index in [0.29, 0.717) is 29.9 Å². The Morgan fingerprint density at radius 3 is 2.27 bits per heavy atom. The van der Waals surface area contributed by atoms with Crippen LogP contribution in [0.3, 0.4) is 0 Å². The number of hydrogen-bond donors (Lipinski definition) is 3. The van der Waals surface area contributed by atoms with Crippen LogP contribution in [-0.2, 0) is 4.79 Å². The number of carbonyl (C=O) groups is 2. The molecule has 0 heterocycles. The van der Waals surface area contributed by atoms with E-state index in [9.17, 15) is 14.7 Å². The molecule has 0 aliphatic carbocycles. The van der Waals surface area contributed by atoms with Crippen LogP contribution in [0.5, 0.6) is 5.75 Å². The van der Waals surface area contributed by atoms with Gasteiger partial charge in [0.25, 0.3) is 5.91 Å². The number of nitrogens with zero attached hydrogens (tertiary/aromatic N) is 1. The topological polar surface area (TPSA) is 81.7 Å². The van der Waals surface area contributed by atoms with Crippen LogP contribution in [0.1, 0.15) is 35.8 Å². The van der Waals surface area contributed by atoms with Crippen molar-refractivity contribution >= 4 is 17.5 Å². The van der Waals surface area contributed by atoms with E-state index >= 15 is 0 Å². The number of carbonyl (C=O) groups excluding carboxylic acids is 2. The molecule has 0 saturated carbocycles. The molecule has 6 nitrogen and oxygen atoms in total. The van der Waals surface area contributed by atoms with Crippen LogP contribution in [0.15, 0.2) is 48.5 Å². The van der Waals surface area contributed by atoms with Crippen molar-refractivity contribution in [3.05, 3.63) is 59.7 Å². The average molecular weight is 355 g/mol. The van der Waals surface area contributed by atoms with Crippen molar-refractivity contribution in [3.8, 4) is 5.75 Å². The molecule has 1 unspecified atom stereocenters. The summed E-state index contributed by atoms with van der Waals surface area (Å²) in [6.45, 7) is 5.19. The molecule has 0 fully saturated rings. The first-order valence-electron chi connectivity index (χ1n) is 8.66. The van der Waals surface area contributed by atoms with Crippen molar-refractivity contribution in [2.75, 3.05) is 25.5 Å². The van der Waals surface area contributed by atoms with Gasteiger partial charge in [0.05, 0.1) is 0 Å². The molecule has 0 spiro atoms. The second kappa shape index (κ2) is 9.01. The molecule has 0 radical (unpaired) electrons. The zero-order valence-electron chi connectivity index (χ0n) is 15.3. The van der Waals surface area contributed by atoms with E-state index in [-0.39, 0.29) is 17.6 Å². The summed E-state index contributed by atoms with van der Waals surface area (Å²) in [4.78, 5) is 26.6. The van der Waals surface area contributed by atoms with Crippen LogP contribution in [0.25, 0.3) is 0 Å². The Morgan fingerprint density at radius 1 is 1.08 bits per heavy atom. The van der Waals surface area contributed by atoms with Gasteiger partial charge in [-0.2, -0.15) is 0 Å². The largest absolute Gasteiger partial charge is 0.508 e. The Kier molecular flexibility index (Phi) is 6.74. The molecule has 138 valence electrons. The number of phenols is 1. The smallest absolute Gasteiger partial charge is 0.253 e. The number of anilines is 1. The van der Waals surface area contributed by atoms with Crippen LogP contribution in [-0.4, -0.2) is 42.0 Å². The van der Waals surface area contributed by atoms with Crippen molar-refractivity contribution in [2.24, 2.45) is 0 Å². The first kappa shape index (κ1) is 19.5. The first-order chi connectivity index (χ1) is 12.5. The summed E-state index contributed by atoms with van der Waals surface area (Å²) < 4.78 is 0. The Morgan fingerprint density at radius 2 is 1.73 bits per heavy atom. The summed E-state index contributed by atoms with van der Waals surface area (Å²) in [5.41, 5.74) is 1.86. The predicted molar refractivity (Wildman–Crippen MR) is 102 cm³/mol. The highest BCUT2D eigenvalue weighted by molar-refractivity contribution is 5.97. The van der Waals surface area contributed by atoms with Crippen LogP contribution < -0.4 is 10.6 Å². The SMILES string of the molecule is CCN(CC)C(=O)c1ccc(NC(=O)C(NC)c2cccc(O)c2)cc1. The van der Waals surface area contributed by atoms with E-state index in [2.05, 4.69) is 10.6 Å². The maximum Gasteiger partial charge on any atom is 0.253 e. The normalized spacial score (nSPS) is 11.7. The van der Waals surface area contributed by atoms with Gasteiger partial charge >= 0.3 is 0 Å². The van der Waals surface area contributed by atoms with Gasteiger partial charge in [0.2, 0.25) is 5.91 Å². The summed E-state index contributed by atoms with van der Waals surface area (Å²) in [6.07, 6.45) is 0. The lowest BCUT2D eigenvalue weighted by Crippen LogP contribution is -2.31. The van der Waals surface area contributed by atoms with E-state index in [1.54, 1.807) is 60.5 Å². The minimum absolute atomic E-state index is 0.0271. The number of hydrogen-bond acceptors (Lipinski definition) is 4. The molecule has 3 N–H and O–H groups in total. The average Bonchev–Trinajstić information content (AvgIpc) is 2.64. The van der Waals surface area contributed by atoms with Gasteiger partial charge in [0, 0.05) is 24.3 Å². The molecule has 2 rings (SSSR count). The monoisotopic (exact) mass is 355 g/mol. The van der Waals surface area contributed by atoms with E-state index in [0.717, 1.165) is 0 Å². The van der Waals surface area contributed by atoms with Gasteiger partial charge in [-0.05, 0) is 62.9 Å². The number of nitrogens with one attached hydrogen (secondary N) is 2. The standard InChI is InChI=1S/C20H25N3O3/c1-4-23(5-2)20(26)14-9-11-16(12-10-14)22-19(25)18(21-3)15-7-6-8-17(24)13-15/h6-13,18,21,24H,4-5H2,1-3H3,(H,22,25). The third-order valence-corrected chi connectivity index (χ3v) is 4.20. The molecule has 0 bridgehead atoms. The molecule has 0 aliphatic rings. The van der Waals surface area contributed by atoms with E-state index in [1.165, 1.54) is 0 Å². The second-order valence-corrected chi connectivity index (χ2v) is 5.86. The molecular formula is C20H25N3O3. The summed E-state index contributed by atoms with van der Waals surface area (Å²) in [6, 6.07) is 12.8. The molecule has 0 aromatic heterocycles. The highest BCUT2D eigenvalue weighted by Crippen LogP contribution is 2.20. The van der Waals surface area contributed by atoms with E-state index in [1.807, 2.05) is 13.8 Å².